The molecule has 474 valence electrons. The summed E-state index contributed by atoms with van der Waals surface area (Å²) in [6.07, 6.45) is 9.31. The number of ether oxygens (including phenoxy) is 6. The van der Waals surface area contributed by atoms with Gasteiger partial charge in [0, 0.05) is 0 Å². The first-order valence-corrected chi connectivity index (χ1v) is 34.1. The largest absolute Gasteiger partial charge is 0.458 e. The van der Waals surface area contributed by atoms with Gasteiger partial charge in [-0.15, -0.1) is 0 Å². The molecule has 6 saturated carbocycles. The van der Waals surface area contributed by atoms with E-state index in [1.165, 1.54) is 0 Å². The van der Waals surface area contributed by atoms with Crippen LogP contribution in [0.3, 0.4) is 0 Å². The van der Waals surface area contributed by atoms with Gasteiger partial charge in [0.2, 0.25) is 0 Å². The van der Waals surface area contributed by atoms with Gasteiger partial charge < -0.3 is 28.4 Å². The lowest BCUT2D eigenvalue weighted by Crippen LogP contribution is -2.42. The van der Waals surface area contributed by atoms with Gasteiger partial charge in [-0.3, -0.25) is 0 Å². The zero-order valence-electron chi connectivity index (χ0n) is 55.5. The second-order valence-electron chi connectivity index (χ2n) is 30.9. The summed E-state index contributed by atoms with van der Waals surface area (Å²) in [7, 11) is 0. The Kier molecular flexibility index (Phi) is 23.6. The molecule has 1 aromatic carbocycles. The lowest BCUT2D eigenvalue weighted by atomic mass is 9.75. The van der Waals surface area contributed by atoms with Crippen molar-refractivity contribution in [3.8, 4) is 0 Å². The SMILES string of the molecule is CC1CCC(C(C)C)C(OC(=O)c2c(C(=O)O[C@@H]3C[C@H](C)CC[C@H]3C(C)C)c(C(=O)O[C@@H]3C[C@H](C)CC[C@H]3C(C)C)c(C(=O)O[C@@H]3C[C@H](C)CC[C@H]3C(C)C)c(C(=O)O[C@@H]3C[C@H](C)CC[C@H]3C(C)C)c2C(=O)O[C@@H]2C[C@H](C)CC[C@H]2C(C)C)C1. The van der Waals surface area contributed by atoms with Crippen LogP contribution in [-0.2, 0) is 28.4 Å². The fourth-order valence-corrected chi connectivity index (χ4v) is 16.7. The van der Waals surface area contributed by atoms with Gasteiger partial charge in [0.1, 0.15) is 36.6 Å². The van der Waals surface area contributed by atoms with Gasteiger partial charge in [0.15, 0.2) is 0 Å². The summed E-state index contributed by atoms with van der Waals surface area (Å²) < 4.78 is 41.0. The monoisotopic (exact) mass is 1170 g/mol. The van der Waals surface area contributed by atoms with Crippen molar-refractivity contribution in [2.45, 2.75) is 277 Å². The van der Waals surface area contributed by atoms with Crippen molar-refractivity contribution < 1.29 is 57.2 Å². The Morgan fingerprint density at radius 1 is 0.238 bits per heavy atom. The topological polar surface area (TPSA) is 158 Å². The molecule has 0 amide bonds. The van der Waals surface area contributed by atoms with E-state index in [0.717, 1.165) is 77.0 Å². The van der Waals surface area contributed by atoms with Crippen molar-refractivity contribution in [2.24, 2.45) is 107 Å². The number of carbonyl (C=O) groups excluding carboxylic acids is 6. The molecule has 1 aromatic rings. The summed E-state index contributed by atoms with van der Waals surface area (Å²) in [6.45, 7) is 38.0. The highest BCUT2D eigenvalue weighted by atomic mass is 16.6. The Hall–Kier alpha value is -3.96. The first-order chi connectivity index (χ1) is 39.6. The lowest BCUT2D eigenvalue weighted by Gasteiger charge is -2.39. The smallest absolute Gasteiger partial charge is 0.340 e. The number of rotatable bonds is 18. The number of hydrogen-bond acceptors (Lipinski definition) is 12. The summed E-state index contributed by atoms with van der Waals surface area (Å²) in [5, 5.41) is 0. The number of hydrogen-bond donors (Lipinski definition) is 0. The summed E-state index contributed by atoms with van der Waals surface area (Å²) in [5.74, 6) is -5.31. The van der Waals surface area contributed by atoms with E-state index in [0.29, 0.717) is 38.5 Å². The quantitative estimate of drug-likeness (QED) is 0.101. The van der Waals surface area contributed by atoms with Crippen LogP contribution in [0.15, 0.2) is 0 Å². The molecule has 6 aliphatic rings. The van der Waals surface area contributed by atoms with E-state index < -0.39 is 106 Å². The maximum Gasteiger partial charge on any atom is 0.340 e. The first-order valence-electron chi connectivity index (χ1n) is 34.1. The summed E-state index contributed by atoms with van der Waals surface area (Å²) in [4.78, 5) is 98.8. The van der Waals surface area contributed by atoms with Crippen molar-refractivity contribution in [1.29, 1.82) is 0 Å². The molecule has 12 heteroatoms. The van der Waals surface area contributed by atoms with Gasteiger partial charge >= 0.3 is 35.8 Å². The van der Waals surface area contributed by atoms with Crippen LogP contribution in [0.4, 0.5) is 0 Å². The van der Waals surface area contributed by atoms with Crippen LogP contribution in [0.25, 0.3) is 0 Å². The Bertz CT molecular complexity index is 1990. The molecule has 0 bridgehead atoms. The third-order valence-corrected chi connectivity index (χ3v) is 22.0. The van der Waals surface area contributed by atoms with Crippen LogP contribution < -0.4 is 0 Å². The molecule has 0 aliphatic heterocycles. The van der Waals surface area contributed by atoms with Crippen molar-refractivity contribution in [3.63, 3.8) is 0 Å². The van der Waals surface area contributed by atoms with E-state index in [2.05, 4.69) is 125 Å². The molecule has 0 radical (unpaired) electrons. The third kappa shape index (κ3) is 16.0. The number of esters is 6. The van der Waals surface area contributed by atoms with Crippen molar-refractivity contribution in [2.75, 3.05) is 0 Å². The molecule has 6 fully saturated rings. The second-order valence-corrected chi connectivity index (χ2v) is 30.9. The van der Waals surface area contributed by atoms with E-state index in [1.807, 2.05) is 0 Å². The zero-order valence-corrected chi connectivity index (χ0v) is 55.5. The number of benzene rings is 1. The molecular formula is C72H114O12. The highest BCUT2D eigenvalue weighted by molar-refractivity contribution is 6.24. The molecule has 0 N–H and O–H groups in total. The molecule has 18 atom stereocenters. The third-order valence-electron chi connectivity index (χ3n) is 22.0. The van der Waals surface area contributed by atoms with Crippen LogP contribution in [-0.4, -0.2) is 72.4 Å². The molecule has 0 heterocycles. The van der Waals surface area contributed by atoms with E-state index >= 15 is 28.8 Å². The van der Waals surface area contributed by atoms with Crippen molar-refractivity contribution >= 4 is 35.8 Å². The van der Waals surface area contributed by atoms with Gasteiger partial charge in [-0.05, 0) is 184 Å². The summed E-state index contributed by atoms with van der Waals surface area (Å²) >= 11 is 0. The average molecular weight is 1170 g/mol. The van der Waals surface area contributed by atoms with Crippen LogP contribution in [0.5, 0.6) is 0 Å². The van der Waals surface area contributed by atoms with Gasteiger partial charge in [0.25, 0.3) is 0 Å². The van der Waals surface area contributed by atoms with Gasteiger partial charge in [0.05, 0.1) is 33.4 Å². The molecule has 7 rings (SSSR count). The standard InChI is InChI=1S/C72H114O12/c1-37(2)49-25-19-43(13)31-55(49)79-67(73)61-62(68(74)80-56-32-44(14)20-26-50(56)38(3)4)64(70(76)82-58-34-46(16)22-28-52(58)40(7)8)66(72(78)84-60-36-48(18)24-30-54(60)42(11)12)65(71(77)83-59-35-47(17)23-29-53(59)41(9)10)63(61)69(75)81-57-33-45(15)21-27-51(57)39(5)6/h37-60H,19-36H2,1-18H3/t43-,44-,45-,46-,47-,48?,49+,50+,51+,52+,53+,54?,55-,56-,57-,58-,59-,60?/m1/s1. The fraction of sp³-hybridized carbons (Fsp3) is 0.833. The van der Waals surface area contributed by atoms with Crippen LogP contribution in [0.1, 0.15) is 302 Å². The van der Waals surface area contributed by atoms with Gasteiger partial charge in [-0.1, -0.05) is 163 Å². The molecular weight excluding hydrogens is 1060 g/mol. The highest BCUT2D eigenvalue weighted by Gasteiger charge is 2.50. The van der Waals surface area contributed by atoms with Crippen molar-refractivity contribution in [1.82, 2.24) is 0 Å². The molecule has 0 spiro atoms. The normalized spacial score (nSPS) is 34.1. The average Bonchev–Trinajstić information content (AvgIpc) is 1.19. The minimum Gasteiger partial charge on any atom is -0.458 e. The van der Waals surface area contributed by atoms with E-state index in [9.17, 15) is 0 Å². The Morgan fingerprint density at radius 2 is 0.357 bits per heavy atom. The number of carbonyl (C=O) groups is 6. The molecule has 84 heavy (non-hydrogen) atoms. The minimum atomic E-state index is -1.07. The summed E-state index contributed by atoms with van der Waals surface area (Å²) in [6, 6.07) is 0. The highest BCUT2D eigenvalue weighted by Crippen LogP contribution is 2.46. The molecule has 12 nitrogen and oxygen atoms in total. The predicted molar refractivity (Wildman–Crippen MR) is 330 cm³/mol. The van der Waals surface area contributed by atoms with E-state index in [-0.39, 0.29) is 107 Å². The van der Waals surface area contributed by atoms with Crippen LogP contribution in [0, 0.1) is 107 Å². The zero-order chi connectivity index (χ0) is 61.8. The maximum atomic E-state index is 16.5. The van der Waals surface area contributed by atoms with E-state index in [4.69, 9.17) is 28.4 Å². The van der Waals surface area contributed by atoms with E-state index in [1.54, 1.807) is 0 Å². The molecule has 3 unspecified atom stereocenters. The van der Waals surface area contributed by atoms with Crippen LogP contribution in [0.2, 0.25) is 0 Å². The fourth-order valence-electron chi connectivity index (χ4n) is 16.7. The van der Waals surface area contributed by atoms with Crippen LogP contribution >= 0.6 is 0 Å². The minimum absolute atomic E-state index is 0.0839. The predicted octanol–water partition coefficient (Wildman–Crippen LogP) is 17.4. The second kappa shape index (κ2) is 29.4. The molecule has 0 saturated heterocycles. The molecule has 0 aromatic heterocycles. The van der Waals surface area contributed by atoms with Crippen molar-refractivity contribution in [3.05, 3.63) is 33.4 Å². The first kappa shape index (κ1) is 67.5. The lowest BCUT2D eigenvalue weighted by molar-refractivity contribution is -0.0261. The molecule has 6 aliphatic carbocycles. The maximum absolute atomic E-state index is 16.5. The Morgan fingerprint density at radius 3 is 0.464 bits per heavy atom. The van der Waals surface area contributed by atoms with Gasteiger partial charge in [-0.25, -0.2) is 28.8 Å². The summed E-state index contributed by atoms with van der Waals surface area (Å²) in [5.41, 5.74) is -3.77. The Balaban J connectivity index is 1.64. The van der Waals surface area contributed by atoms with Gasteiger partial charge in [-0.2, -0.15) is 0 Å². The Labute approximate surface area is 507 Å².